The number of benzene rings is 3. The third-order valence-corrected chi connectivity index (χ3v) is 6.29. The van der Waals surface area contributed by atoms with Crippen LogP contribution in [0.1, 0.15) is 0 Å². The minimum Gasteiger partial charge on any atom is -0.493 e. The fourth-order valence-electron chi connectivity index (χ4n) is 2.94. The molecule has 0 aliphatic heterocycles. The Hall–Kier alpha value is -3.66. The largest absolute Gasteiger partial charge is 0.493 e. The van der Waals surface area contributed by atoms with Crippen molar-refractivity contribution < 1.29 is 31.5 Å². The number of amides is 1. The highest BCUT2D eigenvalue weighted by Gasteiger charge is 2.28. The van der Waals surface area contributed by atoms with Crippen molar-refractivity contribution in [3.63, 3.8) is 0 Å². The van der Waals surface area contributed by atoms with E-state index in [9.17, 15) is 22.0 Å². The van der Waals surface area contributed by atoms with Gasteiger partial charge >= 0.3 is 0 Å². The number of nitrogens with one attached hydrogen (secondary N) is 1. The van der Waals surface area contributed by atoms with Gasteiger partial charge in [0.05, 0.1) is 24.8 Å². The Balaban J connectivity index is 2.02. The Morgan fingerprint density at radius 3 is 2.12 bits per heavy atom. The van der Waals surface area contributed by atoms with E-state index in [1.807, 2.05) is 0 Å². The van der Waals surface area contributed by atoms with Crippen molar-refractivity contribution in [2.24, 2.45) is 0 Å². The number of hydrogen-bond acceptors (Lipinski definition) is 5. The van der Waals surface area contributed by atoms with Crippen molar-refractivity contribution >= 4 is 27.3 Å². The Labute approximate surface area is 184 Å². The maximum Gasteiger partial charge on any atom is 0.264 e. The summed E-state index contributed by atoms with van der Waals surface area (Å²) in [5, 5.41) is 2.10. The molecule has 0 bridgehead atoms. The van der Waals surface area contributed by atoms with E-state index in [1.165, 1.54) is 56.7 Å². The lowest BCUT2D eigenvalue weighted by molar-refractivity contribution is -0.114. The molecule has 0 aromatic heterocycles. The molecule has 0 atom stereocenters. The molecule has 7 nitrogen and oxygen atoms in total. The van der Waals surface area contributed by atoms with Gasteiger partial charge in [-0.3, -0.25) is 9.10 Å². The molecule has 0 heterocycles. The minimum atomic E-state index is -4.22. The van der Waals surface area contributed by atoms with Crippen molar-refractivity contribution in [2.45, 2.75) is 4.90 Å². The lowest BCUT2D eigenvalue weighted by Gasteiger charge is -2.25. The molecule has 0 unspecified atom stereocenters. The van der Waals surface area contributed by atoms with Gasteiger partial charge in [-0.05, 0) is 36.4 Å². The predicted octanol–water partition coefficient (Wildman–Crippen LogP) is 3.82. The number of carbonyl (C=O) groups is 1. The van der Waals surface area contributed by atoms with Crippen LogP contribution in [-0.4, -0.2) is 35.1 Å². The summed E-state index contributed by atoms with van der Waals surface area (Å²) in [6.45, 7) is -0.750. The van der Waals surface area contributed by atoms with Crippen molar-refractivity contribution in [3.05, 3.63) is 78.4 Å². The zero-order valence-corrected chi connectivity index (χ0v) is 18.0. The molecule has 0 radical (unpaired) electrons. The Morgan fingerprint density at radius 2 is 1.53 bits per heavy atom. The number of para-hydroxylation sites is 1. The van der Waals surface area contributed by atoms with Crippen molar-refractivity contribution in [2.75, 3.05) is 30.4 Å². The second-order valence-corrected chi connectivity index (χ2v) is 8.37. The van der Waals surface area contributed by atoms with Crippen molar-refractivity contribution in [1.29, 1.82) is 0 Å². The molecule has 0 spiro atoms. The van der Waals surface area contributed by atoms with Gasteiger partial charge < -0.3 is 14.8 Å². The van der Waals surface area contributed by atoms with Crippen LogP contribution in [0.5, 0.6) is 11.5 Å². The molecular weight excluding hydrogens is 442 g/mol. The van der Waals surface area contributed by atoms with Gasteiger partial charge in [0.15, 0.2) is 11.5 Å². The second-order valence-electron chi connectivity index (χ2n) is 6.51. The molecule has 1 N–H and O–H groups in total. The smallest absolute Gasteiger partial charge is 0.264 e. The van der Waals surface area contributed by atoms with Gasteiger partial charge in [0.1, 0.15) is 23.9 Å². The van der Waals surface area contributed by atoms with Crippen molar-refractivity contribution in [1.82, 2.24) is 0 Å². The third kappa shape index (κ3) is 4.80. The molecule has 0 saturated carbocycles. The molecular formula is C22H20F2N2O5S. The molecule has 0 saturated heterocycles. The number of anilines is 2. The highest BCUT2D eigenvalue weighted by atomic mass is 32.2. The first kappa shape index (κ1) is 23.0. The number of halogens is 2. The Morgan fingerprint density at radius 1 is 0.906 bits per heavy atom. The van der Waals surface area contributed by atoms with Crippen LogP contribution in [0, 0.1) is 11.6 Å². The van der Waals surface area contributed by atoms with Crippen LogP contribution in [0.4, 0.5) is 20.2 Å². The minimum absolute atomic E-state index is 0.0698. The van der Waals surface area contributed by atoms with E-state index in [0.717, 1.165) is 22.5 Å². The van der Waals surface area contributed by atoms with E-state index in [4.69, 9.17) is 9.47 Å². The van der Waals surface area contributed by atoms with E-state index in [0.29, 0.717) is 5.75 Å². The highest BCUT2D eigenvalue weighted by molar-refractivity contribution is 7.92. The van der Waals surface area contributed by atoms with Crippen LogP contribution in [0.25, 0.3) is 0 Å². The summed E-state index contributed by atoms with van der Waals surface area (Å²) in [7, 11) is -1.41. The van der Waals surface area contributed by atoms with Gasteiger partial charge in [-0.15, -0.1) is 0 Å². The maximum absolute atomic E-state index is 13.9. The second kappa shape index (κ2) is 9.65. The summed E-state index contributed by atoms with van der Waals surface area (Å²) >= 11 is 0. The summed E-state index contributed by atoms with van der Waals surface area (Å²) in [4.78, 5) is 12.6. The summed E-state index contributed by atoms with van der Waals surface area (Å²) in [6, 6.07) is 14.9. The number of sulfonamides is 1. The van der Waals surface area contributed by atoms with Crippen LogP contribution < -0.4 is 19.1 Å². The first-order valence-electron chi connectivity index (χ1n) is 9.31. The van der Waals surface area contributed by atoms with Gasteiger partial charge in [0.25, 0.3) is 10.0 Å². The average molecular weight is 462 g/mol. The van der Waals surface area contributed by atoms with Crippen LogP contribution in [0.2, 0.25) is 0 Å². The molecule has 1 amide bonds. The molecule has 0 fully saturated rings. The van der Waals surface area contributed by atoms with E-state index in [-0.39, 0.29) is 16.3 Å². The lowest BCUT2D eigenvalue weighted by atomic mass is 10.2. The highest BCUT2D eigenvalue weighted by Crippen LogP contribution is 2.33. The van der Waals surface area contributed by atoms with Crippen LogP contribution in [-0.2, 0) is 14.8 Å². The SMILES string of the molecule is COc1ccc(N(CC(=O)Nc2c(F)cccc2F)S(=O)(=O)c2ccccc2)cc1OC. The average Bonchev–Trinajstić information content (AvgIpc) is 2.80. The number of nitrogens with zero attached hydrogens (tertiary/aromatic N) is 1. The zero-order valence-electron chi connectivity index (χ0n) is 17.2. The van der Waals surface area contributed by atoms with Gasteiger partial charge in [-0.1, -0.05) is 24.3 Å². The van der Waals surface area contributed by atoms with E-state index < -0.39 is 39.8 Å². The lowest BCUT2D eigenvalue weighted by Crippen LogP contribution is -2.38. The topological polar surface area (TPSA) is 84.9 Å². The summed E-state index contributed by atoms with van der Waals surface area (Å²) in [6.07, 6.45) is 0. The van der Waals surface area contributed by atoms with Gasteiger partial charge in [0.2, 0.25) is 5.91 Å². The number of ether oxygens (including phenoxy) is 2. The molecule has 3 aromatic carbocycles. The molecule has 3 rings (SSSR count). The standard InChI is InChI=1S/C22H20F2N2O5S/c1-30-19-12-11-15(13-20(19)31-2)26(32(28,29)16-7-4-3-5-8-16)14-21(27)25-22-17(23)9-6-10-18(22)24/h3-13H,14H2,1-2H3,(H,25,27). The fraction of sp³-hybridized carbons (Fsp3) is 0.136. The van der Waals surface area contributed by atoms with Crippen LogP contribution >= 0.6 is 0 Å². The third-order valence-electron chi connectivity index (χ3n) is 4.50. The van der Waals surface area contributed by atoms with Crippen LogP contribution in [0.15, 0.2) is 71.6 Å². The van der Waals surface area contributed by atoms with Gasteiger partial charge in [-0.2, -0.15) is 0 Å². The van der Waals surface area contributed by atoms with E-state index in [1.54, 1.807) is 6.07 Å². The number of rotatable bonds is 8. The summed E-state index contributed by atoms with van der Waals surface area (Å²) in [5.74, 6) is -2.32. The normalized spacial score (nSPS) is 11.0. The maximum atomic E-state index is 13.9. The quantitative estimate of drug-likeness (QED) is 0.550. The predicted molar refractivity (Wildman–Crippen MR) is 116 cm³/mol. The molecule has 3 aromatic rings. The number of hydrogen-bond donors (Lipinski definition) is 1. The van der Waals surface area contributed by atoms with E-state index in [2.05, 4.69) is 5.32 Å². The monoisotopic (exact) mass is 462 g/mol. The summed E-state index contributed by atoms with van der Waals surface area (Å²) in [5.41, 5.74) is -0.572. The molecule has 10 heteroatoms. The Kier molecular flexibility index (Phi) is 6.94. The van der Waals surface area contributed by atoms with Crippen LogP contribution in [0.3, 0.4) is 0 Å². The van der Waals surface area contributed by atoms with Gasteiger partial charge in [-0.25, -0.2) is 17.2 Å². The summed E-state index contributed by atoms with van der Waals surface area (Å²) < 4.78 is 65.8. The first-order valence-corrected chi connectivity index (χ1v) is 10.8. The van der Waals surface area contributed by atoms with E-state index >= 15 is 0 Å². The first-order chi connectivity index (χ1) is 15.3. The van der Waals surface area contributed by atoms with Gasteiger partial charge in [0, 0.05) is 6.07 Å². The molecule has 32 heavy (non-hydrogen) atoms. The van der Waals surface area contributed by atoms with Crippen molar-refractivity contribution in [3.8, 4) is 11.5 Å². The molecule has 0 aliphatic rings. The molecule has 0 aliphatic carbocycles. The zero-order chi connectivity index (χ0) is 23.3. The Bertz CT molecular complexity index is 1200. The number of methoxy groups -OCH3 is 2. The fourth-order valence-corrected chi connectivity index (χ4v) is 4.38. The molecule has 168 valence electrons. The number of carbonyl (C=O) groups excluding carboxylic acids is 1.